The Labute approximate surface area is 173 Å². The number of aliphatic hydroxyl groups excluding tert-OH is 1. The van der Waals surface area contributed by atoms with Gasteiger partial charge in [-0.3, -0.25) is 0 Å². The first-order valence-corrected chi connectivity index (χ1v) is 10.0. The summed E-state index contributed by atoms with van der Waals surface area (Å²) in [7, 11) is 0. The van der Waals surface area contributed by atoms with E-state index in [0.29, 0.717) is 30.0 Å². The summed E-state index contributed by atoms with van der Waals surface area (Å²) in [5.41, 5.74) is 8.38. The minimum absolute atomic E-state index is 0.0240. The van der Waals surface area contributed by atoms with Gasteiger partial charge in [-0.2, -0.15) is 5.26 Å². The number of fused-ring (bicyclic) bond motifs is 4. The number of ether oxygens (including phenoxy) is 2. The van der Waals surface area contributed by atoms with Gasteiger partial charge in [-0.15, -0.1) is 0 Å². The highest BCUT2D eigenvalue weighted by molar-refractivity contribution is 6.31. The van der Waals surface area contributed by atoms with Gasteiger partial charge in [0.1, 0.15) is 24.0 Å². The Morgan fingerprint density at radius 2 is 2.07 bits per heavy atom. The van der Waals surface area contributed by atoms with Crippen molar-refractivity contribution in [2.75, 3.05) is 6.61 Å². The molecule has 2 aliphatic heterocycles. The molecule has 0 saturated heterocycles. The number of nitriles is 1. The Kier molecular flexibility index (Phi) is 4.19. The third kappa shape index (κ3) is 2.93. The van der Waals surface area contributed by atoms with Crippen molar-refractivity contribution < 1.29 is 14.6 Å². The molecule has 2 aromatic rings. The summed E-state index contributed by atoms with van der Waals surface area (Å²) in [6, 6.07) is 13.5. The lowest BCUT2D eigenvalue weighted by molar-refractivity contribution is -0.0359. The smallest absolute Gasteiger partial charge is 0.283 e. The average molecular weight is 410 g/mol. The molecule has 0 aromatic heterocycles. The van der Waals surface area contributed by atoms with E-state index in [2.05, 4.69) is 6.07 Å². The van der Waals surface area contributed by atoms with Crippen LogP contribution >= 0.6 is 11.6 Å². The topological polar surface area (TPSA) is 101 Å². The standard InChI is InChI=1S/C22H20ClN3O3/c23-15-6-12(10-24)5-14(7-15)13-1-3-19-17(8-13)22(11-28-21(25)26-22)18-9-16(27)2-4-20(18)29-19/h1,3,5-8,16,18,20,27H,2,4,9,11H2,(H2,25,26). The van der Waals surface area contributed by atoms with Gasteiger partial charge in [-0.25, -0.2) is 4.99 Å². The number of amidine groups is 1. The van der Waals surface area contributed by atoms with Gasteiger partial charge in [0.05, 0.1) is 17.7 Å². The SMILES string of the molecule is N#Cc1cc(Cl)cc(-c2ccc3c(c2)C2(COC(N)=N2)C2CC(O)CCC2O3)c1. The van der Waals surface area contributed by atoms with Crippen molar-refractivity contribution in [3.05, 3.63) is 52.5 Å². The van der Waals surface area contributed by atoms with E-state index < -0.39 is 5.54 Å². The Balaban J connectivity index is 1.66. The summed E-state index contributed by atoms with van der Waals surface area (Å²) in [5.74, 6) is 0.736. The lowest BCUT2D eigenvalue weighted by Gasteiger charge is -2.47. The Morgan fingerprint density at radius 3 is 2.83 bits per heavy atom. The number of benzene rings is 2. The van der Waals surface area contributed by atoms with Crippen molar-refractivity contribution in [3.63, 3.8) is 0 Å². The predicted molar refractivity (Wildman–Crippen MR) is 109 cm³/mol. The number of aliphatic hydroxyl groups is 1. The maximum absolute atomic E-state index is 10.3. The van der Waals surface area contributed by atoms with E-state index in [1.54, 1.807) is 12.1 Å². The molecule has 7 heteroatoms. The molecule has 6 nitrogen and oxygen atoms in total. The molecule has 148 valence electrons. The maximum Gasteiger partial charge on any atom is 0.283 e. The van der Waals surface area contributed by atoms with E-state index in [9.17, 15) is 10.4 Å². The Bertz CT molecular complexity index is 1060. The molecule has 2 heterocycles. The minimum Gasteiger partial charge on any atom is -0.490 e. The average Bonchev–Trinajstić information content (AvgIpc) is 3.10. The molecule has 1 spiro atoms. The molecule has 0 amide bonds. The zero-order valence-corrected chi connectivity index (χ0v) is 16.4. The first kappa shape index (κ1) is 18.3. The van der Waals surface area contributed by atoms with Crippen LogP contribution in [-0.2, 0) is 10.3 Å². The first-order chi connectivity index (χ1) is 14.0. The van der Waals surface area contributed by atoms with Gasteiger partial charge in [0.15, 0.2) is 0 Å². The number of halogens is 1. The van der Waals surface area contributed by atoms with Crippen LogP contribution < -0.4 is 10.5 Å². The van der Waals surface area contributed by atoms with Gasteiger partial charge >= 0.3 is 0 Å². The van der Waals surface area contributed by atoms with Crippen LogP contribution in [0, 0.1) is 17.2 Å². The van der Waals surface area contributed by atoms with Gasteiger partial charge in [-0.1, -0.05) is 17.7 Å². The van der Waals surface area contributed by atoms with E-state index in [1.165, 1.54) is 0 Å². The van der Waals surface area contributed by atoms with Crippen molar-refractivity contribution in [2.45, 2.75) is 37.0 Å². The highest BCUT2D eigenvalue weighted by Crippen LogP contribution is 2.53. The summed E-state index contributed by atoms with van der Waals surface area (Å²) < 4.78 is 11.9. The highest BCUT2D eigenvalue weighted by Gasteiger charge is 2.55. The monoisotopic (exact) mass is 409 g/mol. The molecule has 1 fully saturated rings. The zero-order chi connectivity index (χ0) is 20.2. The fourth-order valence-electron chi connectivity index (χ4n) is 4.87. The van der Waals surface area contributed by atoms with Crippen LogP contribution in [0.2, 0.25) is 5.02 Å². The van der Waals surface area contributed by atoms with Gasteiger partial charge in [0.2, 0.25) is 0 Å². The van der Waals surface area contributed by atoms with Crippen molar-refractivity contribution in [1.82, 2.24) is 0 Å². The summed E-state index contributed by atoms with van der Waals surface area (Å²) in [6.45, 7) is 0.325. The second-order valence-corrected chi connectivity index (χ2v) is 8.38. The third-order valence-electron chi connectivity index (χ3n) is 6.21. The molecule has 0 radical (unpaired) electrons. The highest BCUT2D eigenvalue weighted by atomic mass is 35.5. The predicted octanol–water partition coefficient (Wildman–Crippen LogP) is 3.34. The maximum atomic E-state index is 10.3. The van der Waals surface area contributed by atoms with Crippen LogP contribution in [0.5, 0.6) is 5.75 Å². The fraction of sp³-hybridized carbons (Fsp3) is 0.364. The number of aliphatic imine (C=N–C) groups is 1. The van der Waals surface area contributed by atoms with E-state index in [0.717, 1.165) is 28.9 Å². The summed E-state index contributed by atoms with van der Waals surface area (Å²) >= 11 is 6.21. The molecule has 4 atom stereocenters. The Morgan fingerprint density at radius 1 is 1.21 bits per heavy atom. The van der Waals surface area contributed by atoms with Crippen LogP contribution in [-0.4, -0.2) is 29.9 Å². The molecule has 4 unspecified atom stereocenters. The lowest BCUT2D eigenvalue weighted by Crippen LogP contribution is -2.51. The summed E-state index contributed by atoms with van der Waals surface area (Å²) in [5, 5.41) is 20.1. The fourth-order valence-corrected chi connectivity index (χ4v) is 5.11. The molecule has 2 aromatic carbocycles. The van der Waals surface area contributed by atoms with Crippen LogP contribution in [0.1, 0.15) is 30.4 Å². The number of rotatable bonds is 1. The van der Waals surface area contributed by atoms with E-state index in [-0.39, 0.29) is 24.1 Å². The van der Waals surface area contributed by atoms with Crippen LogP contribution in [0.3, 0.4) is 0 Å². The number of hydrogen-bond donors (Lipinski definition) is 2. The van der Waals surface area contributed by atoms with Crippen LogP contribution in [0.4, 0.5) is 0 Å². The number of hydrogen-bond acceptors (Lipinski definition) is 6. The molecule has 1 aliphatic carbocycles. The Hall–Kier alpha value is -2.75. The van der Waals surface area contributed by atoms with Crippen LogP contribution in [0.25, 0.3) is 11.1 Å². The van der Waals surface area contributed by atoms with Gasteiger partial charge in [-0.05, 0) is 60.7 Å². The molecule has 5 rings (SSSR count). The molecule has 1 saturated carbocycles. The third-order valence-corrected chi connectivity index (χ3v) is 6.43. The summed E-state index contributed by atoms with van der Waals surface area (Å²) in [6.07, 6.45) is 1.65. The quantitative estimate of drug-likeness (QED) is 0.752. The number of nitrogens with zero attached hydrogens (tertiary/aromatic N) is 2. The van der Waals surface area contributed by atoms with E-state index in [1.807, 2.05) is 24.3 Å². The normalized spacial score (nSPS) is 29.8. The second-order valence-electron chi connectivity index (χ2n) is 7.94. The molecule has 29 heavy (non-hydrogen) atoms. The zero-order valence-electron chi connectivity index (χ0n) is 15.6. The molecular weight excluding hydrogens is 390 g/mol. The molecule has 0 bridgehead atoms. The van der Waals surface area contributed by atoms with Crippen molar-refractivity contribution in [3.8, 4) is 22.9 Å². The van der Waals surface area contributed by atoms with E-state index >= 15 is 0 Å². The summed E-state index contributed by atoms with van der Waals surface area (Å²) in [4.78, 5) is 4.73. The minimum atomic E-state index is -0.684. The van der Waals surface area contributed by atoms with Gasteiger partial charge in [0.25, 0.3) is 6.02 Å². The van der Waals surface area contributed by atoms with Crippen molar-refractivity contribution >= 4 is 17.6 Å². The van der Waals surface area contributed by atoms with E-state index in [4.69, 9.17) is 31.8 Å². The molecular formula is C22H20ClN3O3. The molecule has 3 N–H and O–H groups in total. The van der Waals surface area contributed by atoms with Crippen molar-refractivity contribution in [1.29, 1.82) is 5.26 Å². The van der Waals surface area contributed by atoms with Gasteiger partial charge < -0.3 is 20.3 Å². The second kappa shape index (κ2) is 6.65. The molecule has 3 aliphatic rings. The van der Waals surface area contributed by atoms with Gasteiger partial charge in [0, 0.05) is 16.5 Å². The first-order valence-electron chi connectivity index (χ1n) is 9.67. The van der Waals surface area contributed by atoms with Crippen molar-refractivity contribution in [2.24, 2.45) is 16.6 Å². The number of nitrogens with two attached hydrogens (primary N) is 1. The largest absolute Gasteiger partial charge is 0.490 e. The lowest BCUT2D eigenvalue weighted by atomic mass is 9.67. The van der Waals surface area contributed by atoms with Crippen LogP contribution in [0.15, 0.2) is 41.4 Å².